The minimum absolute atomic E-state index is 0. The number of hydrogen-bond acceptors (Lipinski definition) is 2. The molecule has 0 fully saturated rings. The fraction of sp³-hybridized carbons (Fsp3) is 0. The van der Waals surface area contributed by atoms with Crippen LogP contribution in [0.25, 0.3) is 0 Å². The second-order valence-electron chi connectivity index (χ2n) is 0.0833. The van der Waals surface area contributed by atoms with Gasteiger partial charge in [0.25, 0.3) is 0 Å². The Labute approximate surface area is 65.7 Å². The average Bonchev–Trinajstić information content (AvgIpc) is 0.918. The molecule has 0 radical (unpaired) electrons. The van der Waals surface area contributed by atoms with Crippen LogP contribution in [0.4, 0.5) is 0 Å². The Morgan fingerprint density at radius 2 is 1.75 bits per heavy atom. The summed E-state index contributed by atoms with van der Waals surface area (Å²) >= 11 is 0. The Morgan fingerprint density at radius 1 is 1.75 bits per heavy atom. The zero-order valence-electron chi connectivity index (χ0n) is 1.32. The predicted octanol–water partition coefficient (Wildman–Crippen LogP) is -2.32. The van der Waals surface area contributed by atoms with E-state index in [9.17, 15) is 0 Å². The molecule has 1 N–H and O–H groups in total. The van der Waals surface area contributed by atoms with Gasteiger partial charge in [-0.25, -0.2) is 0 Å². The van der Waals surface area contributed by atoms with E-state index in [4.69, 9.17) is 10.1 Å². The van der Waals surface area contributed by atoms with E-state index in [-0.39, 0.29) is 56.7 Å². The van der Waals surface area contributed by atoms with Gasteiger partial charge in [-0.1, -0.05) is 0 Å². The summed E-state index contributed by atoms with van der Waals surface area (Å²) in [6.45, 7) is 0. The standard InChI is InChI=1S/K.HNO2.H/c;2-1-3;/h;1H;. The average molecular weight is 87.1 g/mol. The Morgan fingerprint density at radius 3 is 1.75 bits per heavy atom. The van der Waals surface area contributed by atoms with Gasteiger partial charge >= 0.3 is 51.4 Å². The maximum absolute atomic E-state index is 8.12. The van der Waals surface area contributed by atoms with Crippen molar-refractivity contribution in [3.63, 3.8) is 0 Å². The van der Waals surface area contributed by atoms with Gasteiger partial charge < -0.3 is 0 Å². The molecule has 0 saturated heterocycles. The molecule has 0 amide bonds. The summed E-state index contributed by atoms with van der Waals surface area (Å²) in [7, 11) is 0. The van der Waals surface area contributed by atoms with E-state index >= 15 is 0 Å². The SMILES string of the molecule is O=[NH+][O-].[KH]. The molecule has 0 rings (SSSR count). The molecule has 0 heterocycles. The second kappa shape index (κ2) is 8.97. The van der Waals surface area contributed by atoms with E-state index < -0.39 is 0 Å². The van der Waals surface area contributed by atoms with Crippen molar-refractivity contribution in [2.45, 2.75) is 0 Å². The van der Waals surface area contributed by atoms with Gasteiger partial charge in [0.05, 0.1) is 0 Å². The van der Waals surface area contributed by atoms with Crippen LogP contribution in [0.5, 0.6) is 0 Å². The van der Waals surface area contributed by atoms with Crippen molar-refractivity contribution in [3.05, 3.63) is 10.1 Å². The summed E-state index contributed by atoms with van der Waals surface area (Å²) in [6, 6.07) is 0. The normalized spacial score (nSPS) is 3.00. The summed E-state index contributed by atoms with van der Waals surface area (Å²) in [4.78, 5) is 8.12. The summed E-state index contributed by atoms with van der Waals surface area (Å²) in [5.41, 5.74) is 0. The Balaban J connectivity index is 0. The van der Waals surface area contributed by atoms with Gasteiger partial charge in [-0.3, -0.25) is 10.1 Å². The molecular formula is H2KNO2. The van der Waals surface area contributed by atoms with Gasteiger partial charge in [0.2, 0.25) is 0 Å². The molecule has 4 heavy (non-hydrogen) atoms. The third-order valence-electron chi connectivity index (χ3n) is 0. The molecule has 0 aromatic carbocycles. The van der Waals surface area contributed by atoms with Crippen LogP contribution in [0.15, 0.2) is 0 Å². The predicted molar refractivity (Wildman–Crippen MR) is 14.8 cm³/mol. The van der Waals surface area contributed by atoms with Crippen LogP contribution in [0.1, 0.15) is 0 Å². The van der Waals surface area contributed by atoms with E-state index in [1.807, 2.05) is 0 Å². The van der Waals surface area contributed by atoms with Crippen molar-refractivity contribution in [2.75, 3.05) is 0 Å². The first kappa shape index (κ1) is 8.90. The number of rotatable bonds is 0. The molecule has 0 aromatic rings. The topological polar surface area (TPSA) is 54.1 Å². The Kier molecular flexibility index (Phi) is 20.0. The van der Waals surface area contributed by atoms with Crippen LogP contribution in [-0.4, -0.2) is 51.4 Å². The summed E-state index contributed by atoms with van der Waals surface area (Å²) in [5, 5.41) is 8.38. The summed E-state index contributed by atoms with van der Waals surface area (Å²) < 4.78 is 0. The van der Waals surface area contributed by atoms with E-state index in [1.165, 1.54) is 0 Å². The molecule has 0 aliphatic heterocycles. The quantitative estimate of drug-likeness (QED) is 0.205. The zero-order chi connectivity index (χ0) is 2.71. The van der Waals surface area contributed by atoms with Crippen molar-refractivity contribution in [2.24, 2.45) is 0 Å². The van der Waals surface area contributed by atoms with Crippen LogP contribution in [-0.2, 0) is 0 Å². The molecule has 4 heteroatoms. The number of hydrogen-bond donors (Lipinski definition) is 1. The van der Waals surface area contributed by atoms with Gasteiger partial charge in [0, 0.05) is 5.34 Å². The van der Waals surface area contributed by atoms with E-state index in [0.29, 0.717) is 0 Å². The van der Waals surface area contributed by atoms with Crippen molar-refractivity contribution in [1.29, 1.82) is 0 Å². The number of nitrogens with one attached hydrogen (secondary N) is 1. The van der Waals surface area contributed by atoms with Crippen LogP contribution >= 0.6 is 0 Å². The van der Waals surface area contributed by atoms with Gasteiger partial charge in [0.1, 0.15) is 0 Å². The first-order valence-electron chi connectivity index (χ1n) is 0.408. The first-order chi connectivity index (χ1) is 1.41. The Hall–Kier alpha value is 1.04. The first-order valence-corrected chi connectivity index (χ1v) is 0.408. The van der Waals surface area contributed by atoms with Crippen molar-refractivity contribution in [3.8, 4) is 0 Å². The molecule has 0 aromatic heterocycles. The van der Waals surface area contributed by atoms with Crippen LogP contribution in [0.3, 0.4) is 0 Å². The van der Waals surface area contributed by atoms with Crippen LogP contribution in [0, 0.1) is 10.1 Å². The summed E-state index contributed by atoms with van der Waals surface area (Å²) in [5.74, 6) is 0. The zero-order valence-corrected chi connectivity index (χ0v) is 1.32. The molecule has 20 valence electrons. The molecule has 0 spiro atoms. The van der Waals surface area contributed by atoms with Gasteiger partial charge in [-0.2, -0.15) is 0 Å². The van der Waals surface area contributed by atoms with Crippen LogP contribution in [0.2, 0.25) is 0 Å². The molecule has 0 aliphatic carbocycles. The van der Waals surface area contributed by atoms with Gasteiger partial charge in [-0.05, 0) is 0 Å². The molecular weight excluding hydrogens is 85.1 g/mol. The maximum atomic E-state index is 8.12. The molecule has 3 nitrogen and oxygen atoms in total. The summed E-state index contributed by atoms with van der Waals surface area (Å²) in [6.07, 6.45) is 0. The molecule has 0 aliphatic rings. The molecule has 0 bridgehead atoms. The van der Waals surface area contributed by atoms with E-state index in [2.05, 4.69) is 0 Å². The molecule has 0 unspecified atom stereocenters. The third-order valence-corrected chi connectivity index (χ3v) is 0. The van der Waals surface area contributed by atoms with Crippen molar-refractivity contribution in [1.82, 2.24) is 0 Å². The Bertz CT molecular complexity index is 13.5. The van der Waals surface area contributed by atoms with Gasteiger partial charge in [-0.15, -0.1) is 0 Å². The van der Waals surface area contributed by atoms with Crippen LogP contribution < -0.4 is 5.34 Å². The fourth-order valence-electron chi connectivity index (χ4n) is 0. The van der Waals surface area contributed by atoms with Crippen molar-refractivity contribution < 1.29 is 5.34 Å². The van der Waals surface area contributed by atoms with E-state index in [0.717, 1.165) is 0 Å². The molecule has 0 atom stereocenters. The molecule has 0 saturated carbocycles. The minimum atomic E-state index is 0. The second-order valence-corrected chi connectivity index (χ2v) is 0.0833. The third kappa shape index (κ3) is 11.7. The van der Waals surface area contributed by atoms with E-state index in [1.54, 1.807) is 0 Å². The monoisotopic (exact) mass is 87.0 g/mol. The fourth-order valence-corrected chi connectivity index (χ4v) is 0. The van der Waals surface area contributed by atoms with Crippen molar-refractivity contribution >= 4 is 51.4 Å². The van der Waals surface area contributed by atoms with Gasteiger partial charge in [0.15, 0.2) is 0 Å².